The molecule has 6 nitrogen and oxygen atoms in total. The fraction of sp³-hybridized carbons (Fsp3) is 0.615. The Morgan fingerprint density at radius 3 is 2.58 bits per heavy atom. The van der Waals surface area contributed by atoms with Crippen molar-refractivity contribution in [3.63, 3.8) is 0 Å². The second kappa shape index (κ2) is 6.36. The van der Waals surface area contributed by atoms with E-state index in [9.17, 15) is 9.59 Å². The van der Waals surface area contributed by atoms with Gasteiger partial charge in [0.15, 0.2) is 0 Å². The van der Waals surface area contributed by atoms with Crippen molar-refractivity contribution in [3.8, 4) is 0 Å². The molecular weight excluding hydrogens is 246 g/mol. The highest BCUT2D eigenvalue weighted by Gasteiger charge is 2.23. The molecule has 1 rings (SSSR count). The number of carboxylic acid groups (broad SMARTS) is 1. The third kappa shape index (κ3) is 3.81. The highest BCUT2D eigenvalue weighted by Crippen LogP contribution is 2.11. The summed E-state index contributed by atoms with van der Waals surface area (Å²) >= 11 is 0. The van der Waals surface area contributed by atoms with Gasteiger partial charge in [-0.3, -0.25) is 14.3 Å². The van der Waals surface area contributed by atoms with Crippen molar-refractivity contribution < 1.29 is 14.7 Å². The molecular formula is C13H21N3O3. The van der Waals surface area contributed by atoms with E-state index >= 15 is 0 Å². The van der Waals surface area contributed by atoms with Crippen LogP contribution in [0.3, 0.4) is 0 Å². The van der Waals surface area contributed by atoms with Crippen LogP contribution in [0.5, 0.6) is 0 Å². The highest BCUT2D eigenvalue weighted by molar-refractivity contribution is 5.95. The number of hydrogen-bond acceptors (Lipinski definition) is 3. The minimum absolute atomic E-state index is 0.0302. The fourth-order valence-electron chi connectivity index (χ4n) is 1.89. The molecule has 0 aliphatic heterocycles. The van der Waals surface area contributed by atoms with Crippen LogP contribution in [-0.4, -0.2) is 33.3 Å². The largest absolute Gasteiger partial charge is 0.481 e. The molecule has 1 unspecified atom stereocenters. The van der Waals surface area contributed by atoms with Gasteiger partial charge in [0.1, 0.15) is 0 Å². The van der Waals surface area contributed by atoms with Crippen LogP contribution in [0.25, 0.3) is 0 Å². The number of aromatic nitrogens is 2. The number of nitrogens with zero attached hydrogens (tertiary/aromatic N) is 2. The SMILES string of the molecule is CCc1nn(C)cc1C(=O)NCC(C(=O)O)C(C)C. The van der Waals surface area contributed by atoms with Gasteiger partial charge in [-0.25, -0.2) is 0 Å². The Hall–Kier alpha value is -1.85. The van der Waals surface area contributed by atoms with Crippen LogP contribution < -0.4 is 5.32 Å². The van der Waals surface area contributed by atoms with Crippen LogP contribution in [0.2, 0.25) is 0 Å². The Morgan fingerprint density at radius 2 is 2.11 bits per heavy atom. The van der Waals surface area contributed by atoms with E-state index in [1.54, 1.807) is 17.9 Å². The predicted molar refractivity (Wildman–Crippen MR) is 70.9 cm³/mol. The van der Waals surface area contributed by atoms with Crippen molar-refractivity contribution in [2.45, 2.75) is 27.2 Å². The predicted octanol–water partition coefficient (Wildman–Crippen LogP) is 1.07. The van der Waals surface area contributed by atoms with Gasteiger partial charge in [-0.1, -0.05) is 20.8 Å². The lowest BCUT2D eigenvalue weighted by Crippen LogP contribution is -2.35. The zero-order valence-corrected chi connectivity index (χ0v) is 11.8. The van der Waals surface area contributed by atoms with Crippen LogP contribution in [0, 0.1) is 11.8 Å². The molecule has 0 aromatic carbocycles. The first-order valence-corrected chi connectivity index (χ1v) is 6.40. The number of carboxylic acids is 1. The number of carbonyl (C=O) groups excluding carboxylic acids is 1. The zero-order chi connectivity index (χ0) is 14.6. The standard InChI is InChI=1S/C13H21N3O3/c1-5-11-10(7-16(4)15-11)12(17)14-6-9(8(2)3)13(18)19/h7-9H,5-6H2,1-4H3,(H,14,17)(H,18,19). The van der Waals surface area contributed by atoms with Crippen LogP contribution in [-0.2, 0) is 18.3 Å². The molecule has 0 fully saturated rings. The number of hydrogen-bond donors (Lipinski definition) is 2. The Morgan fingerprint density at radius 1 is 1.47 bits per heavy atom. The van der Waals surface area contributed by atoms with Crippen molar-refractivity contribution in [1.82, 2.24) is 15.1 Å². The molecule has 0 saturated heterocycles. The maximum atomic E-state index is 12.0. The average molecular weight is 267 g/mol. The molecule has 0 saturated carbocycles. The summed E-state index contributed by atoms with van der Waals surface area (Å²) in [5.41, 5.74) is 1.23. The third-order valence-electron chi connectivity index (χ3n) is 3.09. The first-order chi connectivity index (χ1) is 8.86. The molecule has 1 aromatic rings. The van der Waals surface area contributed by atoms with Gasteiger partial charge < -0.3 is 10.4 Å². The number of aryl methyl sites for hydroxylation is 2. The molecule has 106 valence electrons. The van der Waals surface area contributed by atoms with E-state index in [1.807, 2.05) is 20.8 Å². The summed E-state index contributed by atoms with van der Waals surface area (Å²) in [6, 6.07) is 0. The Kier molecular flexibility index (Phi) is 5.09. The molecule has 1 heterocycles. The maximum absolute atomic E-state index is 12.0. The van der Waals surface area contributed by atoms with Gasteiger partial charge in [0.05, 0.1) is 17.2 Å². The normalized spacial score (nSPS) is 12.5. The molecule has 19 heavy (non-hydrogen) atoms. The molecule has 1 amide bonds. The maximum Gasteiger partial charge on any atom is 0.308 e. The fourth-order valence-corrected chi connectivity index (χ4v) is 1.89. The minimum Gasteiger partial charge on any atom is -0.481 e. The number of nitrogens with one attached hydrogen (secondary N) is 1. The second-order valence-electron chi connectivity index (χ2n) is 4.92. The topological polar surface area (TPSA) is 84.2 Å². The second-order valence-corrected chi connectivity index (χ2v) is 4.92. The van der Waals surface area contributed by atoms with E-state index in [1.165, 1.54) is 0 Å². The lowest BCUT2D eigenvalue weighted by molar-refractivity contribution is -0.142. The number of carbonyl (C=O) groups is 2. The number of rotatable bonds is 6. The van der Waals surface area contributed by atoms with Gasteiger partial charge in [0, 0.05) is 19.8 Å². The first-order valence-electron chi connectivity index (χ1n) is 6.40. The van der Waals surface area contributed by atoms with E-state index in [-0.39, 0.29) is 18.4 Å². The van der Waals surface area contributed by atoms with Gasteiger partial charge in [-0.15, -0.1) is 0 Å². The van der Waals surface area contributed by atoms with Gasteiger partial charge >= 0.3 is 5.97 Å². The van der Waals surface area contributed by atoms with E-state index in [2.05, 4.69) is 10.4 Å². The van der Waals surface area contributed by atoms with Crippen LogP contribution in [0.15, 0.2) is 6.20 Å². The smallest absolute Gasteiger partial charge is 0.308 e. The number of amides is 1. The summed E-state index contributed by atoms with van der Waals surface area (Å²) in [5, 5.41) is 15.9. The van der Waals surface area contributed by atoms with Crippen molar-refractivity contribution in [1.29, 1.82) is 0 Å². The summed E-state index contributed by atoms with van der Waals surface area (Å²) < 4.78 is 1.59. The quantitative estimate of drug-likeness (QED) is 0.807. The van der Waals surface area contributed by atoms with Gasteiger partial charge in [0.2, 0.25) is 0 Å². The molecule has 6 heteroatoms. The Bertz CT molecular complexity index is 466. The van der Waals surface area contributed by atoms with Crippen molar-refractivity contribution >= 4 is 11.9 Å². The van der Waals surface area contributed by atoms with Crippen molar-refractivity contribution in [3.05, 3.63) is 17.5 Å². The van der Waals surface area contributed by atoms with Crippen molar-refractivity contribution in [2.75, 3.05) is 6.54 Å². The Balaban J connectivity index is 2.72. The summed E-state index contributed by atoms with van der Waals surface area (Å²) in [4.78, 5) is 23.1. The minimum atomic E-state index is -0.891. The molecule has 0 spiro atoms. The summed E-state index contributed by atoms with van der Waals surface area (Å²) in [6.45, 7) is 5.70. The molecule has 0 aliphatic rings. The number of aliphatic carboxylic acids is 1. The molecule has 1 atom stereocenters. The molecule has 1 aromatic heterocycles. The third-order valence-corrected chi connectivity index (χ3v) is 3.09. The zero-order valence-electron chi connectivity index (χ0n) is 11.8. The van der Waals surface area contributed by atoms with Crippen molar-refractivity contribution in [2.24, 2.45) is 18.9 Å². The highest BCUT2D eigenvalue weighted by atomic mass is 16.4. The van der Waals surface area contributed by atoms with Gasteiger partial charge in [-0.2, -0.15) is 5.10 Å². The van der Waals surface area contributed by atoms with E-state index < -0.39 is 11.9 Å². The molecule has 2 N–H and O–H groups in total. The van der Waals surface area contributed by atoms with E-state index in [0.29, 0.717) is 12.0 Å². The van der Waals surface area contributed by atoms with Crippen LogP contribution in [0.4, 0.5) is 0 Å². The lowest BCUT2D eigenvalue weighted by Gasteiger charge is -2.16. The van der Waals surface area contributed by atoms with Gasteiger partial charge in [0.25, 0.3) is 5.91 Å². The van der Waals surface area contributed by atoms with Crippen LogP contribution in [0.1, 0.15) is 36.8 Å². The molecule has 0 aliphatic carbocycles. The summed E-state index contributed by atoms with van der Waals surface area (Å²) in [5.74, 6) is -1.77. The first kappa shape index (κ1) is 15.2. The van der Waals surface area contributed by atoms with Crippen LogP contribution >= 0.6 is 0 Å². The average Bonchev–Trinajstić information content (AvgIpc) is 2.69. The Labute approximate surface area is 112 Å². The van der Waals surface area contributed by atoms with Gasteiger partial charge in [-0.05, 0) is 12.3 Å². The summed E-state index contributed by atoms with van der Waals surface area (Å²) in [6.07, 6.45) is 2.31. The summed E-state index contributed by atoms with van der Waals surface area (Å²) in [7, 11) is 1.75. The molecule has 0 bridgehead atoms. The lowest BCUT2D eigenvalue weighted by atomic mass is 9.96. The van der Waals surface area contributed by atoms with E-state index in [4.69, 9.17) is 5.11 Å². The molecule has 0 radical (unpaired) electrons. The monoisotopic (exact) mass is 267 g/mol. The van der Waals surface area contributed by atoms with E-state index in [0.717, 1.165) is 5.69 Å².